The number of likely N-dealkylation sites (tertiary alicyclic amines) is 1. The number of pyridine rings is 1. The Kier molecular flexibility index (Phi) is 6.21. The van der Waals surface area contributed by atoms with Crippen LogP contribution < -0.4 is 4.74 Å². The van der Waals surface area contributed by atoms with Crippen LogP contribution >= 0.6 is 0 Å². The highest BCUT2D eigenvalue weighted by Crippen LogP contribution is 2.31. The van der Waals surface area contributed by atoms with E-state index in [4.69, 9.17) is 4.74 Å². The highest BCUT2D eigenvalue weighted by molar-refractivity contribution is 6.00. The first kappa shape index (κ1) is 22.6. The SMILES string of the molecule is O=C(c1ccccc1-c1ncc(F)cn1)N1CCC[C@@H](Oc2ncc(C(F)(F)F)cc2F)C1. The third-order valence-corrected chi connectivity index (χ3v) is 5.10. The van der Waals surface area contributed by atoms with Crippen LogP contribution in [-0.2, 0) is 6.18 Å². The van der Waals surface area contributed by atoms with Crippen molar-refractivity contribution in [2.75, 3.05) is 13.1 Å². The number of halogens is 5. The first-order chi connectivity index (χ1) is 15.7. The van der Waals surface area contributed by atoms with Crippen molar-refractivity contribution in [3.63, 3.8) is 0 Å². The number of amides is 1. The molecule has 3 aromatic rings. The van der Waals surface area contributed by atoms with Gasteiger partial charge in [0.1, 0.15) is 6.10 Å². The van der Waals surface area contributed by atoms with E-state index in [9.17, 15) is 26.7 Å². The number of carbonyl (C=O) groups excluding carboxylic acids is 1. The molecule has 1 aliphatic heterocycles. The van der Waals surface area contributed by atoms with Crippen LogP contribution in [0.25, 0.3) is 11.4 Å². The molecular formula is C22H17F5N4O2. The molecule has 3 heterocycles. The van der Waals surface area contributed by atoms with E-state index < -0.39 is 35.4 Å². The standard InChI is InChI=1S/C22H17F5N4O2/c23-14-10-28-19(29-11-14)16-5-1-2-6-17(16)21(32)31-7-3-4-15(12-31)33-20-18(24)8-13(9-30-20)22(25,26)27/h1-2,5-6,8-11,15H,3-4,7,12H2/t15-/m1/s1. The molecule has 33 heavy (non-hydrogen) atoms. The Morgan fingerprint density at radius 2 is 1.79 bits per heavy atom. The molecule has 0 spiro atoms. The monoisotopic (exact) mass is 464 g/mol. The third kappa shape index (κ3) is 5.07. The number of benzene rings is 1. The van der Waals surface area contributed by atoms with Gasteiger partial charge in [-0.2, -0.15) is 13.2 Å². The minimum atomic E-state index is -4.72. The molecule has 0 saturated carbocycles. The summed E-state index contributed by atoms with van der Waals surface area (Å²) in [5.41, 5.74) is -0.503. The van der Waals surface area contributed by atoms with E-state index in [2.05, 4.69) is 15.0 Å². The molecule has 1 atom stereocenters. The normalized spacial score (nSPS) is 16.5. The summed E-state index contributed by atoms with van der Waals surface area (Å²) in [5, 5.41) is 0. The lowest BCUT2D eigenvalue weighted by Crippen LogP contribution is -2.44. The zero-order valence-electron chi connectivity index (χ0n) is 17.0. The number of alkyl halides is 3. The van der Waals surface area contributed by atoms with Gasteiger partial charge in [0.15, 0.2) is 17.5 Å². The highest BCUT2D eigenvalue weighted by atomic mass is 19.4. The lowest BCUT2D eigenvalue weighted by Gasteiger charge is -2.33. The Labute approximate surface area is 185 Å². The quantitative estimate of drug-likeness (QED) is 0.532. The van der Waals surface area contributed by atoms with Crippen molar-refractivity contribution in [1.29, 1.82) is 0 Å². The Morgan fingerprint density at radius 3 is 2.48 bits per heavy atom. The van der Waals surface area contributed by atoms with E-state index in [1.807, 2.05) is 0 Å². The van der Waals surface area contributed by atoms with Gasteiger partial charge in [-0.25, -0.2) is 23.7 Å². The smallest absolute Gasteiger partial charge is 0.417 e. The highest BCUT2D eigenvalue weighted by Gasteiger charge is 2.33. The number of piperidine rings is 1. The van der Waals surface area contributed by atoms with Crippen molar-refractivity contribution >= 4 is 5.91 Å². The predicted octanol–water partition coefficient (Wildman–Crippen LogP) is 4.52. The summed E-state index contributed by atoms with van der Waals surface area (Å²) in [4.78, 5) is 26.0. The van der Waals surface area contributed by atoms with Crippen LogP contribution in [0.5, 0.6) is 5.88 Å². The van der Waals surface area contributed by atoms with Crippen LogP contribution in [0.2, 0.25) is 0 Å². The van der Waals surface area contributed by atoms with Crippen molar-refractivity contribution in [2.45, 2.75) is 25.1 Å². The fourth-order valence-corrected chi connectivity index (χ4v) is 3.53. The van der Waals surface area contributed by atoms with Crippen molar-refractivity contribution in [1.82, 2.24) is 19.9 Å². The van der Waals surface area contributed by atoms with Gasteiger partial charge >= 0.3 is 6.18 Å². The average molecular weight is 464 g/mol. The van der Waals surface area contributed by atoms with Gasteiger partial charge in [0.05, 0.1) is 30.1 Å². The minimum Gasteiger partial charge on any atom is -0.470 e. The molecular weight excluding hydrogens is 447 g/mol. The molecule has 2 aromatic heterocycles. The largest absolute Gasteiger partial charge is 0.470 e. The maximum Gasteiger partial charge on any atom is 0.417 e. The van der Waals surface area contributed by atoms with Crippen molar-refractivity contribution in [3.05, 3.63) is 71.7 Å². The maximum atomic E-state index is 14.1. The minimum absolute atomic E-state index is 0.0829. The molecule has 0 aliphatic carbocycles. The first-order valence-corrected chi connectivity index (χ1v) is 9.98. The van der Waals surface area contributed by atoms with Crippen LogP contribution in [0, 0.1) is 11.6 Å². The summed E-state index contributed by atoms with van der Waals surface area (Å²) in [6, 6.07) is 6.92. The van der Waals surface area contributed by atoms with Crippen LogP contribution in [0.3, 0.4) is 0 Å². The van der Waals surface area contributed by atoms with Gasteiger partial charge < -0.3 is 9.64 Å². The molecule has 1 fully saturated rings. The van der Waals surface area contributed by atoms with Crippen LogP contribution in [-0.4, -0.2) is 45.0 Å². The molecule has 172 valence electrons. The third-order valence-electron chi connectivity index (χ3n) is 5.10. The van der Waals surface area contributed by atoms with Gasteiger partial charge in [0, 0.05) is 18.3 Å². The van der Waals surface area contributed by atoms with Gasteiger partial charge in [0.2, 0.25) is 0 Å². The fourth-order valence-electron chi connectivity index (χ4n) is 3.53. The van der Waals surface area contributed by atoms with E-state index in [0.717, 1.165) is 12.4 Å². The van der Waals surface area contributed by atoms with Crippen molar-refractivity contribution in [2.24, 2.45) is 0 Å². The lowest BCUT2D eigenvalue weighted by molar-refractivity contribution is -0.138. The molecule has 0 unspecified atom stereocenters. The second-order valence-electron chi connectivity index (χ2n) is 7.41. The number of carbonyl (C=O) groups is 1. The predicted molar refractivity (Wildman–Crippen MR) is 106 cm³/mol. The second kappa shape index (κ2) is 9.08. The summed E-state index contributed by atoms with van der Waals surface area (Å²) >= 11 is 0. The number of nitrogens with zero attached hydrogens (tertiary/aromatic N) is 4. The number of rotatable bonds is 4. The fraction of sp³-hybridized carbons (Fsp3) is 0.273. The lowest BCUT2D eigenvalue weighted by atomic mass is 10.0. The number of hydrogen-bond acceptors (Lipinski definition) is 5. The number of ether oxygens (including phenoxy) is 1. The molecule has 6 nitrogen and oxygen atoms in total. The molecule has 1 aromatic carbocycles. The Morgan fingerprint density at radius 1 is 1.06 bits per heavy atom. The molecule has 1 amide bonds. The van der Waals surface area contributed by atoms with Gasteiger partial charge in [0.25, 0.3) is 11.8 Å². The van der Waals surface area contributed by atoms with Crippen LogP contribution in [0.4, 0.5) is 22.0 Å². The van der Waals surface area contributed by atoms with Gasteiger partial charge in [-0.3, -0.25) is 4.79 Å². The van der Waals surface area contributed by atoms with Crippen LogP contribution in [0.1, 0.15) is 28.8 Å². The molecule has 0 N–H and O–H groups in total. The number of hydrogen-bond donors (Lipinski definition) is 0. The number of aromatic nitrogens is 3. The summed E-state index contributed by atoms with van der Waals surface area (Å²) < 4.78 is 70.9. The molecule has 1 saturated heterocycles. The molecule has 1 aliphatic rings. The van der Waals surface area contributed by atoms with E-state index in [-0.39, 0.29) is 18.3 Å². The Hall–Kier alpha value is -3.63. The summed E-state index contributed by atoms with van der Waals surface area (Å²) in [7, 11) is 0. The molecule has 0 bridgehead atoms. The van der Waals surface area contributed by atoms with Crippen LogP contribution in [0.15, 0.2) is 48.9 Å². The zero-order valence-corrected chi connectivity index (χ0v) is 17.0. The molecule has 4 rings (SSSR count). The van der Waals surface area contributed by atoms with Gasteiger partial charge in [-0.05, 0) is 25.0 Å². The van der Waals surface area contributed by atoms with E-state index >= 15 is 0 Å². The summed E-state index contributed by atoms with van der Waals surface area (Å²) in [5.74, 6) is -2.56. The molecule has 11 heteroatoms. The van der Waals surface area contributed by atoms with Crippen molar-refractivity contribution < 1.29 is 31.5 Å². The van der Waals surface area contributed by atoms with Gasteiger partial charge in [-0.15, -0.1) is 0 Å². The second-order valence-corrected chi connectivity index (χ2v) is 7.41. The van der Waals surface area contributed by atoms with E-state index in [0.29, 0.717) is 42.8 Å². The maximum absolute atomic E-state index is 14.1. The van der Waals surface area contributed by atoms with E-state index in [1.165, 1.54) is 4.90 Å². The molecule has 0 radical (unpaired) electrons. The Balaban J connectivity index is 1.51. The van der Waals surface area contributed by atoms with E-state index in [1.54, 1.807) is 24.3 Å². The van der Waals surface area contributed by atoms with Crippen molar-refractivity contribution in [3.8, 4) is 17.3 Å². The first-order valence-electron chi connectivity index (χ1n) is 9.98. The summed E-state index contributed by atoms with van der Waals surface area (Å²) in [6.45, 7) is 0.486. The topological polar surface area (TPSA) is 68.2 Å². The van der Waals surface area contributed by atoms with Gasteiger partial charge in [-0.1, -0.05) is 18.2 Å². The zero-order chi connectivity index (χ0) is 23.6. The Bertz CT molecular complexity index is 1150. The average Bonchev–Trinajstić information content (AvgIpc) is 2.80. The summed E-state index contributed by atoms with van der Waals surface area (Å²) in [6.07, 6.45) is -1.87.